The van der Waals surface area contributed by atoms with Gasteiger partial charge in [-0.2, -0.15) is 0 Å². The van der Waals surface area contributed by atoms with Gasteiger partial charge in [-0.15, -0.1) is 0 Å². The van der Waals surface area contributed by atoms with E-state index in [4.69, 9.17) is 4.74 Å². The van der Waals surface area contributed by atoms with Crippen LogP contribution in [0.15, 0.2) is 18.2 Å². The number of rotatable bonds is 2. The molecule has 3 nitrogen and oxygen atoms in total. The average Bonchev–Trinajstić information content (AvgIpc) is 2.26. The van der Waals surface area contributed by atoms with Gasteiger partial charge in [0.05, 0.1) is 18.3 Å². The summed E-state index contributed by atoms with van der Waals surface area (Å²) in [6.45, 7) is 7.03. The first-order chi connectivity index (χ1) is 8.49. The van der Waals surface area contributed by atoms with Crippen LogP contribution in [0, 0.1) is 5.82 Å². The monoisotopic (exact) mass is 253 g/mol. The van der Waals surface area contributed by atoms with Crippen LogP contribution < -0.4 is 4.90 Å². The van der Waals surface area contributed by atoms with Gasteiger partial charge in [0.15, 0.2) is 0 Å². The number of benzene rings is 1. The van der Waals surface area contributed by atoms with Crippen LogP contribution >= 0.6 is 0 Å². The van der Waals surface area contributed by atoms with E-state index < -0.39 is 6.10 Å². The van der Waals surface area contributed by atoms with Gasteiger partial charge >= 0.3 is 0 Å². The lowest BCUT2D eigenvalue weighted by Gasteiger charge is -2.38. The lowest BCUT2D eigenvalue weighted by atomic mass is 10.0. The molecule has 1 aromatic rings. The van der Waals surface area contributed by atoms with Crippen molar-refractivity contribution in [1.29, 1.82) is 0 Å². The van der Waals surface area contributed by atoms with E-state index in [0.717, 1.165) is 5.69 Å². The quantitative estimate of drug-likeness (QED) is 0.879. The van der Waals surface area contributed by atoms with E-state index in [9.17, 15) is 9.50 Å². The fourth-order valence-electron chi connectivity index (χ4n) is 2.59. The lowest BCUT2D eigenvalue weighted by Crippen LogP contribution is -2.46. The standard InChI is InChI=1S/C14H20FNO2/c1-9-7-16(8-10(2)18-9)13-6-4-5-12(15)14(13)11(3)17/h4-6,9-11,17H,7-8H2,1-3H3/t9-,10+,11-/m0/s1. The van der Waals surface area contributed by atoms with Crippen LogP contribution in [0.2, 0.25) is 0 Å². The molecule has 0 bridgehead atoms. The minimum Gasteiger partial charge on any atom is -0.389 e. The van der Waals surface area contributed by atoms with Gasteiger partial charge < -0.3 is 14.7 Å². The van der Waals surface area contributed by atoms with Crippen molar-refractivity contribution in [1.82, 2.24) is 0 Å². The number of ether oxygens (including phenoxy) is 1. The molecule has 1 fully saturated rings. The van der Waals surface area contributed by atoms with Gasteiger partial charge in [0.1, 0.15) is 5.82 Å². The topological polar surface area (TPSA) is 32.7 Å². The summed E-state index contributed by atoms with van der Waals surface area (Å²) in [4.78, 5) is 2.09. The maximum atomic E-state index is 13.8. The molecular weight excluding hydrogens is 233 g/mol. The van der Waals surface area contributed by atoms with Gasteiger partial charge in [0.2, 0.25) is 0 Å². The van der Waals surface area contributed by atoms with E-state index in [1.807, 2.05) is 19.9 Å². The highest BCUT2D eigenvalue weighted by Gasteiger charge is 2.26. The predicted octanol–water partition coefficient (Wildman–Crippen LogP) is 2.49. The minimum absolute atomic E-state index is 0.110. The highest BCUT2D eigenvalue weighted by Crippen LogP contribution is 2.30. The van der Waals surface area contributed by atoms with Crippen molar-refractivity contribution < 1.29 is 14.2 Å². The van der Waals surface area contributed by atoms with Crippen molar-refractivity contribution in [2.45, 2.75) is 39.1 Å². The first-order valence-electron chi connectivity index (χ1n) is 6.36. The van der Waals surface area contributed by atoms with Crippen molar-refractivity contribution in [3.63, 3.8) is 0 Å². The second kappa shape index (κ2) is 5.24. The first kappa shape index (κ1) is 13.3. The Kier molecular flexibility index (Phi) is 3.88. The van der Waals surface area contributed by atoms with Crippen LogP contribution in [0.3, 0.4) is 0 Å². The van der Waals surface area contributed by atoms with E-state index in [1.54, 1.807) is 13.0 Å². The molecule has 4 heteroatoms. The largest absolute Gasteiger partial charge is 0.389 e. The lowest BCUT2D eigenvalue weighted by molar-refractivity contribution is -0.00541. The second-order valence-corrected chi connectivity index (χ2v) is 5.01. The van der Waals surface area contributed by atoms with Crippen molar-refractivity contribution >= 4 is 5.69 Å². The fraction of sp³-hybridized carbons (Fsp3) is 0.571. The molecule has 18 heavy (non-hydrogen) atoms. The van der Waals surface area contributed by atoms with Gasteiger partial charge in [-0.25, -0.2) is 4.39 Å². The van der Waals surface area contributed by atoms with Crippen LogP contribution in [0.4, 0.5) is 10.1 Å². The van der Waals surface area contributed by atoms with E-state index in [2.05, 4.69) is 4.90 Å². The summed E-state index contributed by atoms with van der Waals surface area (Å²) in [6, 6.07) is 4.93. The molecule has 1 aliphatic heterocycles. The predicted molar refractivity (Wildman–Crippen MR) is 69.3 cm³/mol. The number of aliphatic hydroxyl groups is 1. The molecule has 1 heterocycles. The SMILES string of the molecule is C[C@@H]1CN(c2cccc(F)c2[C@H](C)O)C[C@H](C)O1. The average molecular weight is 253 g/mol. The van der Waals surface area contributed by atoms with Crippen LogP contribution in [-0.4, -0.2) is 30.4 Å². The van der Waals surface area contributed by atoms with Crippen molar-refractivity contribution in [3.05, 3.63) is 29.6 Å². The third-order valence-electron chi connectivity index (χ3n) is 3.21. The van der Waals surface area contributed by atoms with Crippen molar-refractivity contribution in [3.8, 4) is 0 Å². The highest BCUT2D eigenvalue weighted by atomic mass is 19.1. The summed E-state index contributed by atoms with van der Waals surface area (Å²) >= 11 is 0. The summed E-state index contributed by atoms with van der Waals surface area (Å²) in [7, 11) is 0. The Hall–Kier alpha value is -1.13. The summed E-state index contributed by atoms with van der Waals surface area (Å²) in [5, 5.41) is 9.75. The molecule has 1 saturated heterocycles. The first-order valence-corrected chi connectivity index (χ1v) is 6.36. The van der Waals surface area contributed by atoms with Crippen molar-refractivity contribution in [2.75, 3.05) is 18.0 Å². The van der Waals surface area contributed by atoms with Crippen LogP contribution in [0.1, 0.15) is 32.4 Å². The van der Waals surface area contributed by atoms with Crippen LogP contribution in [-0.2, 0) is 4.74 Å². The van der Waals surface area contributed by atoms with Crippen LogP contribution in [0.5, 0.6) is 0 Å². The number of aliphatic hydroxyl groups excluding tert-OH is 1. The van der Waals surface area contributed by atoms with Crippen molar-refractivity contribution in [2.24, 2.45) is 0 Å². The van der Waals surface area contributed by atoms with Gasteiger partial charge in [-0.1, -0.05) is 6.07 Å². The summed E-state index contributed by atoms with van der Waals surface area (Å²) < 4.78 is 19.5. The zero-order chi connectivity index (χ0) is 13.3. The molecule has 0 spiro atoms. The number of halogens is 1. The number of hydrogen-bond acceptors (Lipinski definition) is 3. The van der Waals surface area contributed by atoms with Crippen LogP contribution in [0.25, 0.3) is 0 Å². The summed E-state index contributed by atoms with van der Waals surface area (Å²) in [5.41, 5.74) is 1.14. The number of hydrogen-bond donors (Lipinski definition) is 1. The smallest absolute Gasteiger partial charge is 0.131 e. The number of morpholine rings is 1. The molecule has 0 saturated carbocycles. The second-order valence-electron chi connectivity index (χ2n) is 5.01. The molecule has 1 aromatic carbocycles. The number of anilines is 1. The van der Waals surface area contributed by atoms with E-state index >= 15 is 0 Å². The fourth-order valence-corrected chi connectivity index (χ4v) is 2.59. The molecule has 100 valence electrons. The van der Waals surface area contributed by atoms with Gasteiger partial charge in [0, 0.05) is 24.3 Å². The Bertz CT molecular complexity index is 412. The zero-order valence-electron chi connectivity index (χ0n) is 11.1. The third-order valence-corrected chi connectivity index (χ3v) is 3.21. The molecule has 0 amide bonds. The maximum absolute atomic E-state index is 13.8. The normalized spacial score (nSPS) is 26.2. The van der Waals surface area contributed by atoms with Gasteiger partial charge in [-0.3, -0.25) is 0 Å². The van der Waals surface area contributed by atoms with Gasteiger partial charge in [0.25, 0.3) is 0 Å². The molecule has 0 radical (unpaired) electrons. The Balaban J connectivity index is 2.35. The Morgan fingerprint density at radius 2 is 1.94 bits per heavy atom. The Morgan fingerprint density at radius 1 is 1.33 bits per heavy atom. The molecule has 0 aromatic heterocycles. The third kappa shape index (κ3) is 2.65. The Morgan fingerprint density at radius 3 is 2.50 bits per heavy atom. The molecule has 2 rings (SSSR count). The molecule has 0 aliphatic carbocycles. The maximum Gasteiger partial charge on any atom is 0.131 e. The highest BCUT2D eigenvalue weighted by molar-refractivity contribution is 5.55. The van der Waals surface area contributed by atoms with Gasteiger partial charge in [-0.05, 0) is 32.9 Å². The zero-order valence-corrected chi connectivity index (χ0v) is 11.1. The molecule has 3 atom stereocenters. The molecule has 0 unspecified atom stereocenters. The van der Waals surface area contributed by atoms with E-state index in [-0.39, 0.29) is 18.0 Å². The summed E-state index contributed by atoms with van der Waals surface area (Å²) in [6.07, 6.45) is -0.590. The number of nitrogens with zero attached hydrogens (tertiary/aromatic N) is 1. The molecule has 1 N–H and O–H groups in total. The van der Waals surface area contributed by atoms with E-state index in [0.29, 0.717) is 18.7 Å². The summed E-state index contributed by atoms with van der Waals surface area (Å²) in [5.74, 6) is -0.353. The molecular formula is C14H20FNO2. The Labute approximate surface area is 107 Å². The minimum atomic E-state index is -0.811. The van der Waals surface area contributed by atoms with E-state index in [1.165, 1.54) is 6.07 Å². The molecule has 1 aliphatic rings.